The van der Waals surface area contributed by atoms with E-state index in [0.29, 0.717) is 11.6 Å². The van der Waals surface area contributed by atoms with E-state index in [9.17, 15) is 5.11 Å². The molecule has 3 heteroatoms. The van der Waals surface area contributed by atoms with Gasteiger partial charge in [0.2, 0.25) is 0 Å². The van der Waals surface area contributed by atoms with E-state index in [2.05, 4.69) is 0 Å². The van der Waals surface area contributed by atoms with Gasteiger partial charge in [0.25, 0.3) is 0 Å². The molecule has 0 aliphatic heterocycles. The molecule has 0 aromatic heterocycles. The van der Waals surface area contributed by atoms with E-state index < -0.39 is 6.10 Å². The summed E-state index contributed by atoms with van der Waals surface area (Å²) in [7, 11) is 0. The van der Waals surface area contributed by atoms with E-state index in [1.807, 2.05) is 12.1 Å². The summed E-state index contributed by atoms with van der Waals surface area (Å²) in [4.78, 5) is 0. The van der Waals surface area contributed by atoms with Crippen LogP contribution in [0.4, 0.5) is 0 Å². The van der Waals surface area contributed by atoms with Crippen molar-refractivity contribution in [2.75, 3.05) is 6.54 Å². The number of hydrogen-bond acceptors (Lipinski definition) is 2. The second-order valence-corrected chi connectivity index (χ2v) is 4.46. The van der Waals surface area contributed by atoms with Crippen LogP contribution in [0.5, 0.6) is 0 Å². The van der Waals surface area contributed by atoms with Gasteiger partial charge in [-0.3, -0.25) is 0 Å². The summed E-state index contributed by atoms with van der Waals surface area (Å²) < 4.78 is 0. The first kappa shape index (κ1) is 9.97. The highest BCUT2D eigenvalue weighted by Crippen LogP contribution is 2.53. The number of nitrogens with two attached hydrogens (primary N) is 1. The molecule has 3 N–H and O–H groups in total. The largest absolute Gasteiger partial charge is 0.388 e. The number of hydrogen-bond donors (Lipinski definition) is 2. The Morgan fingerprint density at radius 3 is 2.36 bits per heavy atom. The van der Waals surface area contributed by atoms with Crippen LogP contribution in [-0.4, -0.2) is 11.7 Å². The molecule has 0 radical (unpaired) electrons. The molecule has 1 unspecified atom stereocenters. The predicted molar refractivity (Wildman–Crippen MR) is 57.1 cm³/mol. The summed E-state index contributed by atoms with van der Waals surface area (Å²) in [6, 6.07) is 7.32. The van der Waals surface area contributed by atoms with Gasteiger partial charge in [0.05, 0.1) is 6.10 Å². The van der Waals surface area contributed by atoms with Crippen molar-refractivity contribution < 1.29 is 5.11 Å². The summed E-state index contributed by atoms with van der Waals surface area (Å²) in [6.45, 7) is 0.552. The molecule has 1 aromatic rings. The predicted octanol–water partition coefficient (Wildman–Crippen LogP) is 2.11. The average Bonchev–Trinajstić information content (AvgIpc) is 2.99. The van der Waals surface area contributed by atoms with Gasteiger partial charge in [-0.25, -0.2) is 0 Å². The second kappa shape index (κ2) is 3.54. The van der Waals surface area contributed by atoms with Crippen LogP contribution in [0.25, 0.3) is 0 Å². The van der Waals surface area contributed by atoms with Crippen molar-refractivity contribution in [1.29, 1.82) is 0 Å². The molecular formula is C11H14ClNO. The van der Waals surface area contributed by atoms with Gasteiger partial charge in [-0.05, 0) is 30.5 Å². The highest BCUT2D eigenvalue weighted by atomic mass is 35.5. The fraction of sp³-hybridized carbons (Fsp3) is 0.455. The van der Waals surface area contributed by atoms with Crippen molar-refractivity contribution in [2.45, 2.75) is 18.9 Å². The third-order valence-electron chi connectivity index (χ3n) is 3.06. The Hall–Kier alpha value is -0.570. The second-order valence-electron chi connectivity index (χ2n) is 4.02. The smallest absolute Gasteiger partial charge is 0.0858 e. The first-order valence-corrected chi connectivity index (χ1v) is 5.19. The van der Waals surface area contributed by atoms with Gasteiger partial charge in [-0.15, -0.1) is 0 Å². The molecule has 1 aromatic carbocycles. The fourth-order valence-electron chi connectivity index (χ4n) is 1.75. The van der Waals surface area contributed by atoms with Crippen molar-refractivity contribution in [1.82, 2.24) is 0 Å². The minimum absolute atomic E-state index is 0.0617. The van der Waals surface area contributed by atoms with E-state index >= 15 is 0 Å². The highest BCUT2D eigenvalue weighted by Gasteiger charge is 2.48. The van der Waals surface area contributed by atoms with Gasteiger partial charge in [-0.1, -0.05) is 23.7 Å². The lowest BCUT2D eigenvalue weighted by atomic mass is 9.93. The summed E-state index contributed by atoms with van der Waals surface area (Å²) >= 11 is 5.77. The van der Waals surface area contributed by atoms with E-state index in [4.69, 9.17) is 17.3 Å². The molecule has 0 saturated heterocycles. The maximum absolute atomic E-state index is 10.1. The summed E-state index contributed by atoms with van der Waals surface area (Å²) in [5.41, 5.74) is 6.50. The minimum Gasteiger partial charge on any atom is -0.388 e. The Kier molecular flexibility index (Phi) is 2.52. The first-order chi connectivity index (χ1) is 6.68. The number of aliphatic hydroxyl groups is 1. The van der Waals surface area contributed by atoms with Crippen LogP contribution >= 0.6 is 11.6 Å². The summed E-state index contributed by atoms with van der Waals surface area (Å²) in [5, 5.41) is 10.8. The molecule has 1 aliphatic carbocycles. The lowest BCUT2D eigenvalue weighted by Gasteiger charge is -2.20. The molecule has 1 aliphatic rings. The molecule has 0 bridgehead atoms. The molecule has 1 atom stereocenters. The highest BCUT2D eigenvalue weighted by molar-refractivity contribution is 6.30. The third kappa shape index (κ3) is 1.65. The number of benzene rings is 1. The zero-order chi connectivity index (χ0) is 10.2. The van der Waals surface area contributed by atoms with Crippen LogP contribution in [0.3, 0.4) is 0 Å². The van der Waals surface area contributed by atoms with Crippen LogP contribution in [0.15, 0.2) is 24.3 Å². The Balaban J connectivity index is 2.19. The average molecular weight is 212 g/mol. The molecule has 14 heavy (non-hydrogen) atoms. The Labute approximate surface area is 88.7 Å². The molecular weight excluding hydrogens is 198 g/mol. The molecule has 2 nitrogen and oxygen atoms in total. The van der Waals surface area contributed by atoms with Crippen molar-refractivity contribution in [3.8, 4) is 0 Å². The maximum Gasteiger partial charge on any atom is 0.0858 e. The van der Waals surface area contributed by atoms with Crippen LogP contribution < -0.4 is 5.73 Å². The van der Waals surface area contributed by atoms with Crippen molar-refractivity contribution >= 4 is 11.6 Å². The van der Waals surface area contributed by atoms with Crippen LogP contribution in [0.2, 0.25) is 5.02 Å². The SMILES string of the molecule is NCC1(C(O)c2ccc(Cl)cc2)CC1. The van der Waals surface area contributed by atoms with Gasteiger partial charge < -0.3 is 10.8 Å². The fourth-order valence-corrected chi connectivity index (χ4v) is 1.87. The van der Waals surface area contributed by atoms with Crippen LogP contribution in [-0.2, 0) is 0 Å². The van der Waals surface area contributed by atoms with E-state index in [1.54, 1.807) is 12.1 Å². The molecule has 2 rings (SSSR count). The lowest BCUT2D eigenvalue weighted by molar-refractivity contribution is 0.0975. The lowest BCUT2D eigenvalue weighted by Crippen LogP contribution is -2.23. The minimum atomic E-state index is -0.440. The van der Waals surface area contributed by atoms with Crippen LogP contribution in [0, 0.1) is 5.41 Å². The molecule has 1 fully saturated rings. The summed E-state index contributed by atoms with van der Waals surface area (Å²) in [5.74, 6) is 0. The van der Waals surface area contributed by atoms with Gasteiger partial charge in [0.15, 0.2) is 0 Å². The van der Waals surface area contributed by atoms with Crippen LogP contribution in [0.1, 0.15) is 24.5 Å². The van der Waals surface area contributed by atoms with Gasteiger partial charge in [0.1, 0.15) is 0 Å². The molecule has 1 saturated carbocycles. The van der Waals surface area contributed by atoms with Crippen molar-refractivity contribution in [3.05, 3.63) is 34.9 Å². The topological polar surface area (TPSA) is 46.2 Å². The molecule has 0 heterocycles. The Bertz CT molecular complexity index is 319. The molecule has 0 amide bonds. The zero-order valence-electron chi connectivity index (χ0n) is 7.91. The monoisotopic (exact) mass is 211 g/mol. The third-order valence-corrected chi connectivity index (χ3v) is 3.32. The number of halogens is 1. The Morgan fingerprint density at radius 2 is 1.93 bits per heavy atom. The van der Waals surface area contributed by atoms with Crippen molar-refractivity contribution in [2.24, 2.45) is 11.1 Å². The van der Waals surface area contributed by atoms with Crippen molar-refractivity contribution in [3.63, 3.8) is 0 Å². The quantitative estimate of drug-likeness (QED) is 0.805. The summed E-state index contributed by atoms with van der Waals surface area (Å²) in [6.07, 6.45) is 1.60. The van der Waals surface area contributed by atoms with E-state index in [1.165, 1.54) is 0 Å². The van der Waals surface area contributed by atoms with E-state index in [-0.39, 0.29) is 5.41 Å². The van der Waals surface area contributed by atoms with Gasteiger partial charge in [0, 0.05) is 17.0 Å². The molecule has 76 valence electrons. The van der Waals surface area contributed by atoms with Gasteiger partial charge >= 0.3 is 0 Å². The molecule has 0 spiro atoms. The normalized spacial score (nSPS) is 20.5. The standard InChI is InChI=1S/C11H14ClNO/c12-9-3-1-8(2-4-9)10(14)11(7-13)5-6-11/h1-4,10,14H,5-7,13H2. The number of aliphatic hydroxyl groups excluding tert-OH is 1. The van der Waals surface area contributed by atoms with Gasteiger partial charge in [-0.2, -0.15) is 0 Å². The zero-order valence-corrected chi connectivity index (χ0v) is 8.67. The maximum atomic E-state index is 10.1. The van der Waals surface area contributed by atoms with E-state index in [0.717, 1.165) is 18.4 Å². The number of rotatable bonds is 3. The first-order valence-electron chi connectivity index (χ1n) is 4.81. The Morgan fingerprint density at radius 1 is 1.36 bits per heavy atom.